The number of nitrogens with one attached hydrogen (secondary N) is 2. The van der Waals surface area contributed by atoms with Crippen LogP contribution in [-0.2, 0) is 4.74 Å². The minimum Gasteiger partial charge on any atom is -0.383 e. The van der Waals surface area contributed by atoms with E-state index >= 15 is 0 Å². The molecule has 1 aromatic carbocycles. The maximum atomic E-state index is 11.2. The van der Waals surface area contributed by atoms with Crippen molar-refractivity contribution in [1.82, 2.24) is 10.6 Å². The normalized spacial score (nSPS) is 10.5. The highest BCUT2D eigenvalue weighted by molar-refractivity contribution is 6.30. The molecule has 2 N–H and O–H groups in total. The van der Waals surface area contributed by atoms with Gasteiger partial charge >= 0.3 is 6.03 Å². The molecule has 2 amide bonds. The fraction of sp³-hybridized carbons (Fsp3) is 0.250. The number of carbonyl (C=O) groups excluding carboxylic acids is 1. The first-order valence-corrected chi connectivity index (χ1v) is 5.55. The van der Waals surface area contributed by atoms with Crippen molar-refractivity contribution in [2.75, 3.05) is 20.3 Å². The van der Waals surface area contributed by atoms with Gasteiger partial charge in [-0.1, -0.05) is 23.7 Å². The molecule has 0 heterocycles. The number of amides is 2. The molecule has 4 nitrogen and oxygen atoms in total. The van der Waals surface area contributed by atoms with Crippen molar-refractivity contribution in [3.8, 4) is 0 Å². The Kier molecular flexibility index (Phi) is 6.14. The topological polar surface area (TPSA) is 50.4 Å². The van der Waals surface area contributed by atoms with Gasteiger partial charge < -0.3 is 15.4 Å². The van der Waals surface area contributed by atoms with Gasteiger partial charge in [0.05, 0.1) is 6.61 Å². The number of hydrogen-bond donors (Lipinski definition) is 2. The number of ether oxygens (including phenoxy) is 1. The van der Waals surface area contributed by atoms with Gasteiger partial charge in [-0.2, -0.15) is 0 Å². The van der Waals surface area contributed by atoms with Crippen LogP contribution in [0.3, 0.4) is 0 Å². The van der Waals surface area contributed by atoms with Gasteiger partial charge in [0.15, 0.2) is 0 Å². The summed E-state index contributed by atoms with van der Waals surface area (Å²) in [5.41, 5.74) is 0.926. The zero-order valence-electron chi connectivity index (χ0n) is 9.57. The molecule has 0 aliphatic rings. The molecule has 0 atom stereocenters. The Morgan fingerprint density at radius 3 is 3.06 bits per heavy atom. The third-order valence-corrected chi connectivity index (χ3v) is 2.17. The van der Waals surface area contributed by atoms with Crippen molar-refractivity contribution in [2.24, 2.45) is 0 Å². The number of rotatable bonds is 5. The molecule has 0 saturated carbocycles. The van der Waals surface area contributed by atoms with Gasteiger partial charge in [0.25, 0.3) is 0 Å². The van der Waals surface area contributed by atoms with Crippen LogP contribution in [0.15, 0.2) is 30.5 Å². The molecule has 0 aliphatic heterocycles. The second kappa shape index (κ2) is 7.70. The van der Waals surface area contributed by atoms with Crippen molar-refractivity contribution in [1.29, 1.82) is 0 Å². The van der Waals surface area contributed by atoms with E-state index in [9.17, 15) is 4.79 Å². The smallest absolute Gasteiger partial charge is 0.318 e. The van der Waals surface area contributed by atoms with Gasteiger partial charge in [0, 0.05) is 24.9 Å². The number of benzene rings is 1. The second-order valence-corrected chi connectivity index (χ2v) is 3.72. The highest BCUT2D eigenvalue weighted by Crippen LogP contribution is 2.11. The van der Waals surface area contributed by atoms with E-state index in [1.807, 2.05) is 18.2 Å². The zero-order valence-corrected chi connectivity index (χ0v) is 10.3. The molecule has 1 rings (SSSR count). The highest BCUT2D eigenvalue weighted by Gasteiger charge is 1.94. The van der Waals surface area contributed by atoms with E-state index in [1.165, 1.54) is 0 Å². The Hall–Kier alpha value is -1.52. The van der Waals surface area contributed by atoms with Crippen molar-refractivity contribution in [3.05, 3.63) is 41.1 Å². The van der Waals surface area contributed by atoms with E-state index in [0.29, 0.717) is 18.2 Å². The minimum atomic E-state index is -0.264. The van der Waals surface area contributed by atoms with Crippen molar-refractivity contribution < 1.29 is 9.53 Å². The lowest BCUT2D eigenvalue weighted by Gasteiger charge is -2.03. The largest absolute Gasteiger partial charge is 0.383 e. The molecule has 0 saturated heterocycles. The first kappa shape index (κ1) is 13.5. The Balaban J connectivity index is 2.32. The number of carbonyl (C=O) groups is 1. The summed E-state index contributed by atoms with van der Waals surface area (Å²) in [5, 5.41) is 5.87. The third kappa shape index (κ3) is 5.94. The monoisotopic (exact) mass is 254 g/mol. The van der Waals surface area contributed by atoms with Crippen LogP contribution in [0.2, 0.25) is 5.02 Å². The van der Waals surface area contributed by atoms with Crippen LogP contribution in [0.1, 0.15) is 5.56 Å². The molecule has 92 valence electrons. The Morgan fingerprint density at radius 1 is 1.53 bits per heavy atom. The van der Waals surface area contributed by atoms with Crippen LogP contribution in [0.4, 0.5) is 4.79 Å². The zero-order chi connectivity index (χ0) is 12.5. The number of urea groups is 1. The van der Waals surface area contributed by atoms with E-state index < -0.39 is 0 Å². The van der Waals surface area contributed by atoms with Crippen molar-refractivity contribution >= 4 is 23.7 Å². The lowest BCUT2D eigenvalue weighted by atomic mass is 10.2. The van der Waals surface area contributed by atoms with E-state index in [4.69, 9.17) is 16.3 Å². The molecule has 0 unspecified atom stereocenters. The van der Waals surface area contributed by atoms with Crippen LogP contribution in [0, 0.1) is 0 Å². The highest BCUT2D eigenvalue weighted by atomic mass is 35.5. The molecule has 1 aromatic rings. The molecule has 17 heavy (non-hydrogen) atoms. The Labute approximate surface area is 106 Å². The first-order valence-electron chi connectivity index (χ1n) is 5.18. The summed E-state index contributed by atoms with van der Waals surface area (Å²) in [6.45, 7) is 0.971. The third-order valence-electron chi connectivity index (χ3n) is 1.93. The Bertz CT molecular complexity index is 394. The van der Waals surface area contributed by atoms with Crippen molar-refractivity contribution in [2.45, 2.75) is 0 Å². The summed E-state index contributed by atoms with van der Waals surface area (Å²) < 4.78 is 4.80. The maximum absolute atomic E-state index is 11.2. The molecular formula is C12H15ClN2O2. The van der Waals surface area contributed by atoms with Gasteiger partial charge in [-0.3, -0.25) is 0 Å². The van der Waals surface area contributed by atoms with Gasteiger partial charge in [-0.15, -0.1) is 0 Å². The fourth-order valence-electron chi connectivity index (χ4n) is 1.14. The fourth-order valence-corrected chi connectivity index (χ4v) is 1.34. The SMILES string of the molecule is COCCNC(=O)N/C=C/c1cccc(Cl)c1. The molecule has 0 bridgehead atoms. The number of halogens is 1. The van der Waals surface area contributed by atoms with Gasteiger partial charge in [-0.05, 0) is 23.8 Å². The molecule has 0 radical (unpaired) electrons. The quantitative estimate of drug-likeness (QED) is 0.792. The maximum Gasteiger partial charge on any atom is 0.318 e. The summed E-state index contributed by atoms with van der Waals surface area (Å²) in [7, 11) is 1.58. The van der Waals surface area contributed by atoms with Gasteiger partial charge in [-0.25, -0.2) is 4.79 Å². The van der Waals surface area contributed by atoms with Crippen LogP contribution < -0.4 is 10.6 Å². The van der Waals surface area contributed by atoms with E-state index in [0.717, 1.165) is 5.56 Å². The lowest BCUT2D eigenvalue weighted by Crippen LogP contribution is -2.34. The van der Waals surface area contributed by atoms with E-state index in [1.54, 1.807) is 25.5 Å². The summed E-state index contributed by atoms with van der Waals surface area (Å²) >= 11 is 5.82. The van der Waals surface area contributed by atoms with Crippen LogP contribution >= 0.6 is 11.6 Å². The summed E-state index contributed by atoms with van der Waals surface area (Å²) in [4.78, 5) is 11.2. The molecule has 0 aliphatic carbocycles. The molecule has 0 fully saturated rings. The average molecular weight is 255 g/mol. The summed E-state index contributed by atoms with van der Waals surface area (Å²) in [6, 6.07) is 7.08. The predicted molar refractivity (Wildman–Crippen MR) is 68.9 cm³/mol. The standard InChI is InChI=1S/C12H15ClN2O2/c1-17-8-7-15-12(16)14-6-5-10-3-2-4-11(13)9-10/h2-6,9H,7-8H2,1H3,(H2,14,15,16)/b6-5+. The van der Waals surface area contributed by atoms with Crippen LogP contribution in [-0.4, -0.2) is 26.3 Å². The molecular weight excluding hydrogens is 240 g/mol. The average Bonchev–Trinajstić information content (AvgIpc) is 2.29. The molecule has 0 spiro atoms. The molecule has 0 aromatic heterocycles. The predicted octanol–water partition coefficient (Wildman–Crippen LogP) is 2.26. The van der Waals surface area contributed by atoms with Crippen LogP contribution in [0.25, 0.3) is 6.08 Å². The lowest BCUT2D eigenvalue weighted by molar-refractivity contribution is 0.196. The summed E-state index contributed by atoms with van der Waals surface area (Å²) in [6.07, 6.45) is 3.33. The minimum absolute atomic E-state index is 0.264. The second-order valence-electron chi connectivity index (χ2n) is 3.28. The molecule has 5 heteroatoms. The number of methoxy groups -OCH3 is 1. The van der Waals surface area contributed by atoms with Gasteiger partial charge in [0.1, 0.15) is 0 Å². The van der Waals surface area contributed by atoms with Gasteiger partial charge in [0.2, 0.25) is 0 Å². The summed E-state index contributed by atoms with van der Waals surface area (Å²) in [5.74, 6) is 0. The number of hydrogen-bond acceptors (Lipinski definition) is 2. The van der Waals surface area contributed by atoms with E-state index in [-0.39, 0.29) is 6.03 Å². The van der Waals surface area contributed by atoms with Crippen LogP contribution in [0.5, 0.6) is 0 Å². The van der Waals surface area contributed by atoms with E-state index in [2.05, 4.69) is 10.6 Å². The Morgan fingerprint density at radius 2 is 2.35 bits per heavy atom. The first-order chi connectivity index (χ1) is 8.22. The van der Waals surface area contributed by atoms with Crippen molar-refractivity contribution in [3.63, 3.8) is 0 Å².